The summed E-state index contributed by atoms with van der Waals surface area (Å²) in [6, 6.07) is 49.6. The fraction of sp³-hybridized carbons (Fsp3) is 0.0698. The maximum atomic E-state index is 6.41. The number of benzene rings is 6. The van der Waals surface area contributed by atoms with Gasteiger partial charge in [0, 0.05) is 52.5 Å². The van der Waals surface area contributed by atoms with E-state index in [0.29, 0.717) is 0 Å². The van der Waals surface area contributed by atoms with Crippen LogP contribution in [0.3, 0.4) is 0 Å². The minimum atomic E-state index is 0.761. The monoisotopic (exact) mass is 609 g/mol. The zero-order chi connectivity index (χ0) is 32.2. The van der Waals surface area contributed by atoms with Crippen molar-refractivity contribution >= 4 is 21.7 Å². The summed E-state index contributed by atoms with van der Waals surface area (Å²) in [6.45, 7) is 4.22. The van der Waals surface area contributed by atoms with Crippen LogP contribution < -0.4 is 4.74 Å². The molecule has 2 aromatic heterocycles. The molecule has 4 heteroatoms. The van der Waals surface area contributed by atoms with Gasteiger partial charge in [0.1, 0.15) is 11.5 Å². The van der Waals surface area contributed by atoms with Crippen molar-refractivity contribution in [3.05, 3.63) is 169 Å². The highest BCUT2D eigenvalue weighted by Crippen LogP contribution is 2.40. The molecule has 0 amide bonds. The van der Waals surface area contributed by atoms with Crippen molar-refractivity contribution in [1.29, 1.82) is 0 Å². The maximum absolute atomic E-state index is 6.41. The molecule has 0 aliphatic carbocycles. The number of nitrogens with zero attached hydrogens (tertiary/aromatic N) is 3. The van der Waals surface area contributed by atoms with Gasteiger partial charge in [-0.25, -0.2) is 9.97 Å². The van der Waals surface area contributed by atoms with E-state index in [1.54, 1.807) is 6.20 Å². The van der Waals surface area contributed by atoms with E-state index in [2.05, 4.69) is 114 Å². The molecule has 0 atom stereocenters. The number of ether oxygens (including phenoxy) is 1. The SMILES string of the molecule is Cc1cccc(Oc2ccccc2-c2cn(C)c3c2ccc2ccccc23)c1C.c1ccc(-c2ccnc(-c3ccccc3)n2)cc1. The van der Waals surface area contributed by atoms with Crippen molar-refractivity contribution < 1.29 is 4.74 Å². The van der Waals surface area contributed by atoms with Crippen LogP contribution in [0.5, 0.6) is 11.5 Å². The standard InChI is InChI=1S/C27H23NO.C16H12N2/c1-18-9-8-14-25(19(18)2)29-26-13-7-6-12-22(26)24-17-28(3)27-21-11-5-4-10-20(21)15-16-23(24)27;1-3-7-13(8-4-1)15-11-12-17-16(18-15)14-9-5-2-6-10-14/h4-17H,1-3H3;1-12H. The van der Waals surface area contributed by atoms with Gasteiger partial charge in [-0.3, -0.25) is 0 Å². The first-order valence-electron chi connectivity index (χ1n) is 15.8. The molecule has 0 fully saturated rings. The van der Waals surface area contributed by atoms with E-state index < -0.39 is 0 Å². The summed E-state index contributed by atoms with van der Waals surface area (Å²) in [7, 11) is 2.12. The lowest BCUT2D eigenvalue weighted by Crippen LogP contribution is -1.92. The van der Waals surface area contributed by atoms with Crippen LogP contribution in [-0.2, 0) is 7.05 Å². The van der Waals surface area contributed by atoms with E-state index in [4.69, 9.17) is 4.74 Å². The minimum Gasteiger partial charge on any atom is -0.456 e. The highest BCUT2D eigenvalue weighted by Gasteiger charge is 2.16. The molecule has 228 valence electrons. The second-order valence-corrected chi connectivity index (χ2v) is 11.6. The Morgan fingerprint density at radius 2 is 1.23 bits per heavy atom. The van der Waals surface area contributed by atoms with E-state index in [1.807, 2.05) is 72.8 Å². The average Bonchev–Trinajstić information content (AvgIpc) is 3.48. The number of hydrogen-bond donors (Lipinski definition) is 0. The molecular formula is C43H35N3O. The first-order valence-corrected chi connectivity index (χ1v) is 15.8. The van der Waals surface area contributed by atoms with Crippen LogP contribution in [-0.4, -0.2) is 14.5 Å². The molecular weight excluding hydrogens is 574 g/mol. The molecule has 47 heavy (non-hydrogen) atoms. The van der Waals surface area contributed by atoms with E-state index in [9.17, 15) is 0 Å². The summed E-state index contributed by atoms with van der Waals surface area (Å²) in [4.78, 5) is 8.93. The predicted octanol–water partition coefficient (Wildman–Crippen LogP) is 11.2. The van der Waals surface area contributed by atoms with Crippen LogP contribution in [0.4, 0.5) is 0 Å². The highest BCUT2D eigenvalue weighted by molar-refractivity contribution is 6.11. The van der Waals surface area contributed by atoms with Gasteiger partial charge >= 0.3 is 0 Å². The zero-order valence-electron chi connectivity index (χ0n) is 26.8. The zero-order valence-corrected chi connectivity index (χ0v) is 26.8. The van der Waals surface area contributed by atoms with Crippen LogP contribution in [0.25, 0.3) is 55.4 Å². The van der Waals surface area contributed by atoms with Crippen molar-refractivity contribution in [3.8, 4) is 45.3 Å². The van der Waals surface area contributed by atoms with Crippen LogP contribution in [0.2, 0.25) is 0 Å². The first kappa shape index (κ1) is 29.7. The first-order chi connectivity index (χ1) is 23.1. The molecule has 0 spiro atoms. The minimum absolute atomic E-state index is 0.761. The van der Waals surface area contributed by atoms with Crippen molar-refractivity contribution in [2.75, 3.05) is 0 Å². The van der Waals surface area contributed by atoms with Gasteiger partial charge in [-0.1, -0.05) is 127 Å². The van der Waals surface area contributed by atoms with E-state index in [1.165, 1.54) is 38.4 Å². The normalized spacial score (nSPS) is 10.9. The molecule has 0 N–H and O–H groups in total. The summed E-state index contributed by atoms with van der Waals surface area (Å²) in [5.74, 6) is 2.54. The van der Waals surface area contributed by atoms with E-state index >= 15 is 0 Å². The Morgan fingerprint density at radius 3 is 2.04 bits per heavy atom. The molecule has 0 saturated heterocycles. The van der Waals surface area contributed by atoms with Gasteiger partial charge in [0.25, 0.3) is 0 Å². The maximum Gasteiger partial charge on any atom is 0.159 e. The molecule has 2 heterocycles. The largest absolute Gasteiger partial charge is 0.456 e. The molecule has 0 unspecified atom stereocenters. The van der Waals surface area contributed by atoms with Crippen molar-refractivity contribution in [3.63, 3.8) is 0 Å². The molecule has 8 aromatic rings. The lowest BCUT2D eigenvalue weighted by Gasteiger charge is -2.14. The summed E-state index contributed by atoms with van der Waals surface area (Å²) in [6.07, 6.45) is 4.01. The Labute approximate surface area is 275 Å². The molecule has 4 nitrogen and oxygen atoms in total. The van der Waals surface area contributed by atoms with Gasteiger partial charge in [0.15, 0.2) is 5.82 Å². The number of aromatic nitrogens is 3. The quantitative estimate of drug-likeness (QED) is 0.195. The molecule has 0 aliphatic heterocycles. The van der Waals surface area contributed by atoms with Gasteiger partial charge in [0.05, 0.1) is 11.2 Å². The summed E-state index contributed by atoms with van der Waals surface area (Å²) in [5, 5.41) is 3.77. The summed E-state index contributed by atoms with van der Waals surface area (Å²) < 4.78 is 8.64. The molecule has 6 aromatic carbocycles. The molecule has 0 bridgehead atoms. The topological polar surface area (TPSA) is 39.9 Å². The molecule has 0 saturated carbocycles. The molecule has 0 radical (unpaired) electrons. The number of para-hydroxylation sites is 1. The van der Waals surface area contributed by atoms with E-state index in [-0.39, 0.29) is 0 Å². The van der Waals surface area contributed by atoms with Gasteiger partial charge in [-0.2, -0.15) is 0 Å². The lowest BCUT2D eigenvalue weighted by atomic mass is 10.0. The van der Waals surface area contributed by atoms with Gasteiger partial charge < -0.3 is 9.30 Å². The van der Waals surface area contributed by atoms with Crippen LogP contribution in [0.15, 0.2) is 158 Å². The number of hydrogen-bond acceptors (Lipinski definition) is 3. The Morgan fingerprint density at radius 1 is 0.553 bits per heavy atom. The summed E-state index contributed by atoms with van der Waals surface area (Å²) in [5.41, 5.74) is 9.04. The third-order valence-electron chi connectivity index (χ3n) is 8.58. The highest BCUT2D eigenvalue weighted by atomic mass is 16.5. The summed E-state index contributed by atoms with van der Waals surface area (Å²) >= 11 is 0. The van der Waals surface area contributed by atoms with Gasteiger partial charge in [0.2, 0.25) is 0 Å². The third kappa shape index (κ3) is 6.14. The number of aryl methyl sites for hydroxylation is 2. The Kier molecular flexibility index (Phi) is 8.31. The van der Waals surface area contributed by atoms with Crippen LogP contribution in [0, 0.1) is 13.8 Å². The Hall–Kier alpha value is -6.00. The Balaban J connectivity index is 0.000000167. The second-order valence-electron chi connectivity index (χ2n) is 11.6. The number of fused-ring (bicyclic) bond motifs is 3. The lowest BCUT2D eigenvalue weighted by molar-refractivity contribution is 0.480. The fourth-order valence-corrected chi connectivity index (χ4v) is 5.98. The molecule has 0 aliphatic rings. The third-order valence-corrected chi connectivity index (χ3v) is 8.58. The predicted molar refractivity (Wildman–Crippen MR) is 195 cm³/mol. The van der Waals surface area contributed by atoms with Crippen molar-refractivity contribution in [2.24, 2.45) is 7.05 Å². The number of rotatable bonds is 5. The average molecular weight is 610 g/mol. The smallest absolute Gasteiger partial charge is 0.159 e. The van der Waals surface area contributed by atoms with Crippen LogP contribution >= 0.6 is 0 Å². The van der Waals surface area contributed by atoms with Crippen molar-refractivity contribution in [1.82, 2.24) is 14.5 Å². The van der Waals surface area contributed by atoms with Crippen molar-refractivity contribution in [2.45, 2.75) is 13.8 Å². The molecule has 8 rings (SSSR count). The van der Waals surface area contributed by atoms with Crippen LogP contribution in [0.1, 0.15) is 11.1 Å². The Bertz CT molecular complexity index is 2250. The van der Waals surface area contributed by atoms with Gasteiger partial charge in [-0.15, -0.1) is 0 Å². The second kappa shape index (κ2) is 13.2. The fourth-order valence-electron chi connectivity index (χ4n) is 5.98. The van der Waals surface area contributed by atoms with Gasteiger partial charge in [-0.05, 0) is 48.6 Å². The van der Waals surface area contributed by atoms with E-state index in [0.717, 1.165) is 39.7 Å².